The summed E-state index contributed by atoms with van der Waals surface area (Å²) in [5, 5.41) is 11.3. The number of allylic oxidation sites excluding steroid dienone is 2. The fraction of sp³-hybridized carbons (Fsp3) is 0.379. The number of imide groups is 2. The number of ether oxygens (including phenoxy) is 1. The van der Waals surface area contributed by atoms with E-state index in [1.807, 2.05) is 6.08 Å². The Morgan fingerprint density at radius 3 is 2.40 bits per heavy atom. The zero-order valence-electron chi connectivity index (χ0n) is 21.6. The van der Waals surface area contributed by atoms with Crippen molar-refractivity contribution in [1.29, 1.82) is 0 Å². The number of phenols is 1. The molecule has 3 fully saturated rings. The molecule has 2 aromatic carbocycles. The van der Waals surface area contributed by atoms with Crippen LogP contribution in [0.15, 0.2) is 58.6 Å². The van der Waals surface area contributed by atoms with E-state index in [4.69, 9.17) is 27.9 Å². The predicted octanol–water partition coefficient (Wildman–Crippen LogP) is 4.75. The number of carbonyl (C=O) groups excluding carboxylic acids is 4. The summed E-state index contributed by atoms with van der Waals surface area (Å²) in [7, 11) is 1.32. The highest BCUT2D eigenvalue weighted by atomic mass is 79.9. The highest BCUT2D eigenvalue weighted by Crippen LogP contribution is 2.66. The molecule has 0 radical (unpaired) electrons. The number of halogens is 3. The third-order valence-corrected chi connectivity index (χ3v) is 10.7. The molecule has 2 aliphatic carbocycles. The first-order valence-corrected chi connectivity index (χ1v) is 14.5. The average molecular weight is 648 g/mol. The summed E-state index contributed by atoms with van der Waals surface area (Å²) in [4.78, 5) is 53.0. The number of rotatable bonds is 4. The summed E-state index contributed by atoms with van der Waals surface area (Å²) in [6.07, 6.45) is 1.95. The lowest BCUT2D eigenvalue weighted by atomic mass is 9.56. The summed E-state index contributed by atoms with van der Waals surface area (Å²) in [6, 6.07) is 11.7. The lowest BCUT2D eigenvalue weighted by molar-refractivity contribution is -0.138. The van der Waals surface area contributed by atoms with Gasteiger partial charge in [-0.25, -0.2) is 0 Å². The summed E-state index contributed by atoms with van der Waals surface area (Å²) < 4.78 is 6.40. The largest absolute Gasteiger partial charge is 0.504 e. The molecule has 6 unspecified atom stereocenters. The number of benzene rings is 2. The van der Waals surface area contributed by atoms with Gasteiger partial charge in [-0.05, 0) is 56.0 Å². The lowest BCUT2D eigenvalue weighted by Crippen LogP contribution is -2.60. The number of carbonyl (C=O) groups is 4. The summed E-state index contributed by atoms with van der Waals surface area (Å²) in [5.74, 6) is -5.35. The summed E-state index contributed by atoms with van der Waals surface area (Å²) in [6.45, 7) is 2.05. The number of hydrogen-bond acceptors (Lipinski definition) is 6. The Morgan fingerprint density at radius 1 is 1.02 bits per heavy atom. The van der Waals surface area contributed by atoms with Gasteiger partial charge < -0.3 is 9.84 Å². The van der Waals surface area contributed by atoms with Gasteiger partial charge in [0.25, 0.3) is 11.8 Å². The molecular formula is C29H25BrCl2N2O6. The van der Waals surface area contributed by atoms with Gasteiger partial charge in [-0.3, -0.25) is 29.0 Å². The van der Waals surface area contributed by atoms with Crippen LogP contribution in [-0.4, -0.2) is 57.0 Å². The van der Waals surface area contributed by atoms with Gasteiger partial charge in [0, 0.05) is 23.0 Å². The van der Waals surface area contributed by atoms with Gasteiger partial charge in [0.15, 0.2) is 21.2 Å². The minimum absolute atomic E-state index is 0.115. The fourth-order valence-electron chi connectivity index (χ4n) is 6.98. The third kappa shape index (κ3) is 3.43. The first kappa shape index (κ1) is 27.3. The highest BCUT2D eigenvalue weighted by molar-refractivity contribution is 9.10. The zero-order valence-corrected chi connectivity index (χ0v) is 24.7. The number of alkyl halides is 2. The molecule has 4 aliphatic rings. The van der Waals surface area contributed by atoms with E-state index < -0.39 is 51.1 Å². The van der Waals surface area contributed by atoms with Crippen molar-refractivity contribution in [3.05, 3.63) is 64.1 Å². The molecule has 2 heterocycles. The van der Waals surface area contributed by atoms with Crippen LogP contribution in [0.2, 0.25) is 0 Å². The van der Waals surface area contributed by atoms with Crippen LogP contribution in [0.25, 0.3) is 0 Å². The number of phenolic OH excluding ortho intramolecular Hbond substituents is 1. The Bertz CT molecular complexity index is 1510. The SMILES string of the molecule is CCOc1cccc(C2C3=CCC4C(=O)N(c5ccc(Br)cc5)C(=O)C4C3CC3(Cl)C(=O)N(C)C(=O)C23Cl)c1O. The molecule has 0 bridgehead atoms. The first-order valence-electron chi connectivity index (χ1n) is 13.0. The molecule has 6 rings (SSSR count). The average Bonchev–Trinajstić information content (AvgIpc) is 3.26. The maximum Gasteiger partial charge on any atom is 0.253 e. The molecule has 2 saturated heterocycles. The Hall–Kier alpha value is -2.88. The van der Waals surface area contributed by atoms with E-state index >= 15 is 0 Å². The molecule has 11 heteroatoms. The van der Waals surface area contributed by atoms with E-state index in [1.165, 1.54) is 11.9 Å². The van der Waals surface area contributed by atoms with E-state index in [2.05, 4.69) is 15.9 Å². The van der Waals surface area contributed by atoms with Gasteiger partial charge in [-0.2, -0.15) is 0 Å². The van der Waals surface area contributed by atoms with Gasteiger partial charge in [0.2, 0.25) is 11.8 Å². The van der Waals surface area contributed by atoms with Crippen molar-refractivity contribution in [2.45, 2.75) is 35.4 Å². The maximum absolute atomic E-state index is 14.0. The van der Waals surface area contributed by atoms with Crippen LogP contribution in [0.4, 0.5) is 5.69 Å². The second-order valence-electron chi connectivity index (χ2n) is 10.6. The first-order chi connectivity index (χ1) is 19.0. The van der Waals surface area contributed by atoms with Crippen molar-refractivity contribution < 1.29 is 29.0 Å². The normalized spacial score (nSPS) is 33.1. The lowest BCUT2D eigenvalue weighted by Gasteiger charge is -2.50. The second-order valence-corrected chi connectivity index (χ2v) is 12.8. The number of nitrogens with zero attached hydrogens (tertiary/aromatic N) is 2. The molecule has 2 aliphatic heterocycles. The molecule has 0 aromatic heterocycles. The van der Waals surface area contributed by atoms with Gasteiger partial charge in [0.1, 0.15) is 0 Å². The number of aromatic hydroxyl groups is 1. The van der Waals surface area contributed by atoms with Crippen LogP contribution < -0.4 is 9.64 Å². The maximum atomic E-state index is 14.0. The molecule has 8 nitrogen and oxygen atoms in total. The number of amides is 4. The van der Waals surface area contributed by atoms with E-state index in [0.29, 0.717) is 11.3 Å². The minimum Gasteiger partial charge on any atom is -0.504 e. The molecule has 6 atom stereocenters. The number of fused-ring (bicyclic) bond motifs is 4. The van der Waals surface area contributed by atoms with E-state index in [-0.39, 0.29) is 42.4 Å². The molecule has 208 valence electrons. The van der Waals surface area contributed by atoms with Crippen LogP contribution >= 0.6 is 39.1 Å². The smallest absolute Gasteiger partial charge is 0.253 e. The summed E-state index contributed by atoms with van der Waals surface area (Å²) in [5.41, 5.74) is 1.31. The Kier molecular flexibility index (Phi) is 6.36. The van der Waals surface area contributed by atoms with Crippen LogP contribution in [0.5, 0.6) is 11.5 Å². The molecule has 1 N–H and O–H groups in total. The van der Waals surface area contributed by atoms with Crippen molar-refractivity contribution in [1.82, 2.24) is 4.90 Å². The van der Waals surface area contributed by atoms with Gasteiger partial charge in [0.05, 0.1) is 24.1 Å². The topological polar surface area (TPSA) is 104 Å². The van der Waals surface area contributed by atoms with E-state index in [1.54, 1.807) is 49.4 Å². The summed E-state index contributed by atoms with van der Waals surface area (Å²) >= 11 is 17.7. The van der Waals surface area contributed by atoms with Crippen LogP contribution in [0.3, 0.4) is 0 Å². The van der Waals surface area contributed by atoms with Crippen LogP contribution in [0, 0.1) is 17.8 Å². The van der Waals surface area contributed by atoms with Gasteiger partial charge in [-0.15, -0.1) is 23.2 Å². The number of hydrogen-bond donors (Lipinski definition) is 1. The standard InChI is InChI=1S/C29H25BrCl2N2O6/c1-3-40-20-6-4-5-18(23(20)35)22-16-11-12-17-21(25(37)34(24(17)36)15-9-7-14(30)8-10-15)19(16)13-28(31)26(38)33(2)27(39)29(22,28)32/h4-11,17,19,21-22,35H,3,12-13H2,1-2H3. The molecular weight excluding hydrogens is 623 g/mol. The Balaban J connectivity index is 1.53. The van der Waals surface area contributed by atoms with Crippen molar-refractivity contribution in [3.63, 3.8) is 0 Å². The highest BCUT2D eigenvalue weighted by Gasteiger charge is 2.76. The van der Waals surface area contributed by atoms with Crippen LogP contribution in [-0.2, 0) is 19.2 Å². The number of anilines is 1. The van der Waals surface area contributed by atoms with Gasteiger partial charge >= 0.3 is 0 Å². The van der Waals surface area contributed by atoms with Crippen molar-refractivity contribution in [2.75, 3.05) is 18.6 Å². The third-order valence-electron chi connectivity index (χ3n) is 8.74. The quantitative estimate of drug-likeness (QED) is 0.292. The monoisotopic (exact) mass is 646 g/mol. The fourth-order valence-corrected chi connectivity index (χ4v) is 8.25. The number of likely N-dealkylation sites (tertiary alicyclic amines) is 1. The zero-order chi connectivity index (χ0) is 28.7. The van der Waals surface area contributed by atoms with E-state index in [0.717, 1.165) is 9.37 Å². The molecule has 40 heavy (non-hydrogen) atoms. The predicted molar refractivity (Wildman–Crippen MR) is 151 cm³/mol. The molecule has 0 spiro atoms. The van der Waals surface area contributed by atoms with Crippen molar-refractivity contribution in [2.24, 2.45) is 17.8 Å². The van der Waals surface area contributed by atoms with Crippen molar-refractivity contribution >= 4 is 68.4 Å². The minimum atomic E-state index is -1.98. The number of para-hydroxylation sites is 1. The second kappa shape index (κ2) is 9.33. The van der Waals surface area contributed by atoms with E-state index in [9.17, 15) is 24.3 Å². The molecule has 1 saturated carbocycles. The van der Waals surface area contributed by atoms with Crippen LogP contribution in [0.1, 0.15) is 31.2 Å². The van der Waals surface area contributed by atoms with Crippen molar-refractivity contribution in [3.8, 4) is 11.5 Å². The molecule has 2 aromatic rings. The van der Waals surface area contributed by atoms with Gasteiger partial charge in [-0.1, -0.05) is 39.7 Å². The molecule has 4 amide bonds. The Labute approximate surface area is 249 Å². The Morgan fingerprint density at radius 2 is 1.73 bits per heavy atom.